The lowest BCUT2D eigenvalue weighted by atomic mass is 10.0. The van der Waals surface area contributed by atoms with E-state index in [0.717, 1.165) is 5.69 Å². The maximum absolute atomic E-state index is 11.6. The van der Waals surface area contributed by atoms with Gasteiger partial charge in [-0.3, -0.25) is 4.79 Å². The zero-order valence-electron chi connectivity index (χ0n) is 11.9. The third-order valence-corrected chi connectivity index (χ3v) is 2.64. The number of methoxy groups -OCH3 is 1. The molecule has 1 aromatic rings. The Balaban J connectivity index is 0.00000121. The molecule has 0 aliphatic heterocycles. The number of rotatable bonds is 4. The predicted molar refractivity (Wildman–Crippen MR) is 72.8 cm³/mol. The quantitative estimate of drug-likeness (QED) is 0.809. The van der Waals surface area contributed by atoms with Crippen molar-refractivity contribution in [2.75, 3.05) is 13.7 Å². The number of hydrogen-bond acceptors (Lipinski definition) is 2. The minimum Gasteiger partial charge on any atom is -0.383 e. The van der Waals surface area contributed by atoms with Crippen molar-refractivity contribution in [2.45, 2.75) is 47.1 Å². The normalized spacial score (nSPS) is 10.1. The van der Waals surface area contributed by atoms with Gasteiger partial charge in [0, 0.05) is 25.4 Å². The molecule has 0 aromatic carbocycles. The van der Waals surface area contributed by atoms with Crippen LogP contribution in [0.5, 0.6) is 0 Å². The van der Waals surface area contributed by atoms with Crippen LogP contribution in [-0.4, -0.2) is 18.3 Å². The van der Waals surface area contributed by atoms with Gasteiger partial charge in [0.2, 0.25) is 0 Å². The summed E-state index contributed by atoms with van der Waals surface area (Å²) in [4.78, 5) is 11.6. The summed E-state index contributed by atoms with van der Waals surface area (Å²) in [7, 11) is 1.65. The van der Waals surface area contributed by atoms with Crippen molar-refractivity contribution in [3.05, 3.63) is 33.7 Å². The lowest BCUT2D eigenvalue weighted by Gasteiger charge is -2.15. The molecule has 0 N–H and O–H groups in total. The highest BCUT2D eigenvalue weighted by atomic mass is 16.5. The smallest absolute Gasteiger partial charge is 0.250 e. The van der Waals surface area contributed by atoms with Crippen molar-refractivity contribution in [3.63, 3.8) is 0 Å². The molecule has 0 saturated heterocycles. The SMILES string of the molecule is CC.COCCn1c(C)c(C(C)C)ccc1=O. The van der Waals surface area contributed by atoms with Gasteiger partial charge in [0.05, 0.1) is 6.61 Å². The second-order valence-electron chi connectivity index (χ2n) is 4.01. The summed E-state index contributed by atoms with van der Waals surface area (Å²) in [5.74, 6) is 0.444. The Hall–Kier alpha value is -1.09. The van der Waals surface area contributed by atoms with Crippen LogP contribution < -0.4 is 5.56 Å². The Morgan fingerprint density at radius 2 is 1.88 bits per heavy atom. The van der Waals surface area contributed by atoms with E-state index in [1.165, 1.54) is 5.56 Å². The number of nitrogens with zero attached hydrogens (tertiary/aromatic N) is 1. The molecule has 0 radical (unpaired) electrons. The Bertz CT molecular complexity index is 380. The molecule has 0 aliphatic carbocycles. The molecule has 3 nitrogen and oxygen atoms in total. The Labute approximate surface area is 104 Å². The molecule has 1 heterocycles. The van der Waals surface area contributed by atoms with Crippen molar-refractivity contribution < 1.29 is 4.74 Å². The molecule has 1 aromatic heterocycles. The Morgan fingerprint density at radius 1 is 1.29 bits per heavy atom. The zero-order chi connectivity index (χ0) is 13.4. The van der Waals surface area contributed by atoms with Crippen LogP contribution in [0.15, 0.2) is 16.9 Å². The average molecular weight is 239 g/mol. The molecule has 1 rings (SSSR count). The summed E-state index contributed by atoms with van der Waals surface area (Å²) in [6, 6.07) is 3.56. The highest BCUT2D eigenvalue weighted by molar-refractivity contribution is 5.23. The van der Waals surface area contributed by atoms with Crippen molar-refractivity contribution in [2.24, 2.45) is 0 Å². The minimum absolute atomic E-state index is 0.0500. The van der Waals surface area contributed by atoms with Gasteiger partial charge in [-0.05, 0) is 18.4 Å². The van der Waals surface area contributed by atoms with Gasteiger partial charge in [0.15, 0.2) is 0 Å². The molecule has 0 amide bonds. The standard InChI is InChI=1S/C12H19NO2.C2H6/c1-9(2)11-5-6-12(14)13(10(11)3)7-8-15-4;1-2/h5-6,9H,7-8H2,1-4H3;1-2H3. The third-order valence-electron chi connectivity index (χ3n) is 2.64. The Morgan fingerprint density at radius 3 is 2.35 bits per heavy atom. The highest BCUT2D eigenvalue weighted by Gasteiger charge is 2.08. The summed E-state index contributed by atoms with van der Waals surface area (Å²) in [6.07, 6.45) is 0. The molecule has 0 fully saturated rings. The van der Waals surface area contributed by atoms with E-state index in [1.54, 1.807) is 17.7 Å². The first-order chi connectivity index (χ1) is 8.07. The maximum Gasteiger partial charge on any atom is 0.250 e. The van der Waals surface area contributed by atoms with Crippen molar-refractivity contribution in [3.8, 4) is 0 Å². The maximum atomic E-state index is 11.6. The van der Waals surface area contributed by atoms with Crippen LogP contribution in [0.2, 0.25) is 0 Å². The predicted octanol–water partition coefficient (Wildman–Crippen LogP) is 2.95. The van der Waals surface area contributed by atoms with E-state index in [0.29, 0.717) is 19.1 Å². The summed E-state index contributed by atoms with van der Waals surface area (Å²) < 4.78 is 6.77. The molecule has 98 valence electrons. The molecule has 0 atom stereocenters. The van der Waals surface area contributed by atoms with E-state index >= 15 is 0 Å². The van der Waals surface area contributed by atoms with E-state index in [9.17, 15) is 4.79 Å². The molecular formula is C14H25NO2. The molecular weight excluding hydrogens is 214 g/mol. The first-order valence-electron chi connectivity index (χ1n) is 6.27. The lowest BCUT2D eigenvalue weighted by Crippen LogP contribution is -2.24. The van der Waals surface area contributed by atoms with Gasteiger partial charge in [-0.1, -0.05) is 33.8 Å². The van der Waals surface area contributed by atoms with E-state index < -0.39 is 0 Å². The fourth-order valence-electron chi connectivity index (χ4n) is 1.76. The molecule has 0 saturated carbocycles. The average Bonchev–Trinajstić information content (AvgIpc) is 2.31. The van der Waals surface area contributed by atoms with Gasteiger partial charge in [0.1, 0.15) is 0 Å². The van der Waals surface area contributed by atoms with Gasteiger partial charge < -0.3 is 9.30 Å². The van der Waals surface area contributed by atoms with Crippen LogP contribution in [-0.2, 0) is 11.3 Å². The molecule has 0 spiro atoms. The third kappa shape index (κ3) is 4.35. The second kappa shape index (κ2) is 8.07. The summed E-state index contributed by atoms with van der Waals surface area (Å²) in [5.41, 5.74) is 2.33. The van der Waals surface area contributed by atoms with Gasteiger partial charge in [-0.2, -0.15) is 0 Å². The molecule has 0 aliphatic rings. The van der Waals surface area contributed by atoms with Crippen molar-refractivity contribution in [1.29, 1.82) is 0 Å². The van der Waals surface area contributed by atoms with Crippen LogP contribution in [0.4, 0.5) is 0 Å². The van der Waals surface area contributed by atoms with Gasteiger partial charge in [-0.15, -0.1) is 0 Å². The van der Waals surface area contributed by atoms with E-state index in [4.69, 9.17) is 4.74 Å². The van der Waals surface area contributed by atoms with E-state index in [1.807, 2.05) is 26.8 Å². The van der Waals surface area contributed by atoms with Gasteiger partial charge >= 0.3 is 0 Å². The molecule has 17 heavy (non-hydrogen) atoms. The number of hydrogen-bond donors (Lipinski definition) is 0. The van der Waals surface area contributed by atoms with Gasteiger partial charge in [0.25, 0.3) is 5.56 Å². The highest BCUT2D eigenvalue weighted by Crippen LogP contribution is 2.16. The van der Waals surface area contributed by atoms with Crippen molar-refractivity contribution >= 4 is 0 Å². The summed E-state index contributed by atoms with van der Waals surface area (Å²) >= 11 is 0. The molecule has 0 unspecified atom stereocenters. The lowest BCUT2D eigenvalue weighted by molar-refractivity contribution is 0.185. The fourth-order valence-corrected chi connectivity index (χ4v) is 1.76. The summed E-state index contributed by atoms with van der Waals surface area (Å²) in [6.45, 7) is 11.5. The van der Waals surface area contributed by atoms with E-state index in [2.05, 4.69) is 13.8 Å². The second-order valence-corrected chi connectivity index (χ2v) is 4.01. The topological polar surface area (TPSA) is 31.2 Å². The van der Waals surface area contributed by atoms with Crippen LogP contribution in [0.3, 0.4) is 0 Å². The van der Waals surface area contributed by atoms with Crippen LogP contribution >= 0.6 is 0 Å². The van der Waals surface area contributed by atoms with Crippen molar-refractivity contribution in [1.82, 2.24) is 4.57 Å². The largest absolute Gasteiger partial charge is 0.383 e. The van der Waals surface area contributed by atoms with Crippen LogP contribution in [0.1, 0.15) is 44.9 Å². The van der Waals surface area contributed by atoms with Gasteiger partial charge in [-0.25, -0.2) is 0 Å². The van der Waals surface area contributed by atoms with Crippen LogP contribution in [0.25, 0.3) is 0 Å². The summed E-state index contributed by atoms with van der Waals surface area (Å²) in [5, 5.41) is 0. The minimum atomic E-state index is 0.0500. The first-order valence-corrected chi connectivity index (χ1v) is 6.27. The van der Waals surface area contributed by atoms with Crippen LogP contribution in [0, 0.1) is 6.92 Å². The number of pyridine rings is 1. The van der Waals surface area contributed by atoms with E-state index in [-0.39, 0.29) is 5.56 Å². The fraction of sp³-hybridized carbons (Fsp3) is 0.643. The number of aromatic nitrogens is 1. The first kappa shape index (κ1) is 15.9. The monoisotopic (exact) mass is 239 g/mol. The molecule has 0 bridgehead atoms. The zero-order valence-corrected chi connectivity index (χ0v) is 11.9. The molecule has 3 heteroatoms. The number of ether oxygens (including phenoxy) is 1. The Kier molecular flexibility index (Phi) is 7.55.